The van der Waals surface area contributed by atoms with Crippen molar-refractivity contribution >= 4 is 29.4 Å². The summed E-state index contributed by atoms with van der Waals surface area (Å²) in [5, 5.41) is 9.02. The first-order valence-electron chi connectivity index (χ1n) is 11.8. The molecule has 2 aromatic carbocycles. The summed E-state index contributed by atoms with van der Waals surface area (Å²) in [5.41, 5.74) is 0.991. The van der Waals surface area contributed by atoms with Crippen molar-refractivity contribution in [2.45, 2.75) is 39.7 Å². The van der Waals surface area contributed by atoms with Crippen LogP contribution in [0.2, 0.25) is 0 Å². The number of amides is 3. The Bertz CT molecular complexity index is 1130. The molecule has 188 valence electrons. The normalized spacial score (nSPS) is 13.2. The van der Waals surface area contributed by atoms with Crippen LogP contribution in [0.4, 0.5) is 5.69 Å². The fourth-order valence-corrected chi connectivity index (χ4v) is 4.00. The third kappa shape index (κ3) is 5.89. The zero-order valence-corrected chi connectivity index (χ0v) is 20.6. The van der Waals surface area contributed by atoms with Crippen LogP contribution >= 0.6 is 0 Å². The summed E-state index contributed by atoms with van der Waals surface area (Å²) in [6.07, 6.45) is 0.271. The van der Waals surface area contributed by atoms with Crippen LogP contribution in [-0.4, -0.2) is 54.4 Å². The maximum absolute atomic E-state index is 13.1. The Morgan fingerprint density at radius 1 is 1.03 bits per heavy atom. The lowest BCUT2D eigenvalue weighted by molar-refractivity contribution is -0.152. The number of carbonyl (C=O) groups excluding carboxylic acids is 4. The van der Waals surface area contributed by atoms with E-state index in [1.807, 2.05) is 26.8 Å². The molecule has 0 saturated carbocycles. The molecule has 0 N–H and O–H groups in total. The van der Waals surface area contributed by atoms with Crippen molar-refractivity contribution in [3.05, 3.63) is 59.7 Å². The summed E-state index contributed by atoms with van der Waals surface area (Å²) in [4.78, 5) is 54.3. The average Bonchev–Trinajstić information content (AvgIpc) is 3.12. The van der Waals surface area contributed by atoms with Gasteiger partial charge in [0.25, 0.3) is 17.7 Å². The molecule has 1 atom stereocenters. The van der Waals surface area contributed by atoms with E-state index in [4.69, 9.17) is 14.7 Å². The van der Waals surface area contributed by atoms with E-state index < -0.39 is 36.3 Å². The fraction of sp³-hybridized carbons (Fsp3) is 0.370. The molecule has 1 unspecified atom stereocenters. The molecule has 0 fully saturated rings. The van der Waals surface area contributed by atoms with Gasteiger partial charge in [-0.05, 0) is 55.7 Å². The third-order valence-electron chi connectivity index (χ3n) is 5.65. The molecule has 1 heterocycles. The van der Waals surface area contributed by atoms with Crippen LogP contribution in [0.1, 0.15) is 54.3 Å². The monoisotopic (exact) mass is 491 g/mol. The van der Waals surface area contributed by atoms with Crippen LogP contribution in [-0.2, 0) is 14.3 Å². The molecule has 0 aliphatic carbocycles. The Morgan fingerprint density at radius 2 is 1.64 bits per heavy atom. The molecule has 9 heteroatoms. The Balaban J connectivity index is 1.75. The number of imide groups is 1. The van der Waals surface area contributed by atoms with Crippen molar-refractivity contribution in [2.24, 2.45) is 5.92 Å². The van der Waals surface area contributed by atoms with Gasteiger partial charge >= 0.3 is 5.97 Å². The van der Waals surface area contributed by atoms with Gasteiger partial charge < -0.3 is 14.4 Å². The second-order valence-electron chi connectivity index (χ2n) is 8.66. The number of ether oxygens (including phenoxy) is 2. The highest BCUT2D eigenvalue weighted by Gasteiger charge is 2.43. The van der Waals surface area contributed by atoms with Crippen molar-refractivity contribution in [2.75, 3.05) is 24.7 Å². The number of hydrogen-bond acceptors (Lipinski definition) is 7. The maximum Gasteiger partial charge on any atom is 0.329 e. The molecule has 9 nitrogen and oxygen atoms in total. The largest absolute Gasteiger partial charge is 0.494 e. The first-order chi connectivity index (χ1) is 17.3. The van der Waals surface area contributed by atoms with Crippen molar-refractivity contribution < 1.29 is 28.7 Å². The second-order valence-corrected chi connectivity index (χ2v) is 8.66. The van der Waals surface area contributed by atoms with Gasteiger partial charge in [-0.3, -0.25) is 19.3 Å². The van der Waals surface area contributed by atoms with E-state index in [0.717, 1.165) is 4.90 Å². The molecule has 0 saturated heterocycles. The summed E-state index contributed by atoms with van der Waals surface area (Å²) in [5.74, 6) is -1.88. The molecule has 1 aliphatic heterocycles. The minimum atomic E-state index is -1.16. The van der Waals surface area contributed by atoms with Gasteiger partial charge in [0.05, 0.1) is 30.2 Å². The van der Waals surface area contributed by atoms with Gasteiger partial charge in [0, 0.05) is 12.2 Å². The minimum Gasteiger partial charge on any atom is -0.494 e. The molecule has 0 spiro atoms. The third-order valence-corrected chi connectivity index (χ3v) is 5.65. The topological polar surface area (TPSA) is 117 Å². The van der Waals surface area contributed by atoms with E-state index in [-0.39, 0.29) is 36.4 Å². The van der Waals surface area contributed by atoms with E-state index in [1.54, 1.807) is 48.5 Å². The Hall–Kier alpha value is -4.19. The zero-order chi connectivity index (χ0) is 26.2. The van der Waals surface area contributed by atoms with Gasteiger partial charge in [-0.2, -0.15) is 5.26 Å². The summed E-state index contributed by atoms with van der Waals surface area (Å²) >= 11 is 0. The lowest BCUT2D eigenvalue weighted by Crippen LogP contribution is -2.47. The summed E-state index contributed by atoms with van der Waals surface area (Å²) in [7, 11) is 0. The van der Waals surface area contributed by atoms with E-state index in [1.165, 1.54) is 4.90 Å². The molecule has 2 aromatic rings. The van der Waals surface area contributed by atoms with Crippen molar-refractivity contribution in [1.82, 2.24) is 4.90 Å². The van der Waals surface area contributed by atoms with Gasteiger partial charge in [0.15, 0.2) is 6.61 Å². The second kappa shape index (κ2) is 12.0. The standard InChI is InChI=1S/C27H29N3O6/c1-4-35-20-12-10-19(11-13-20)29(15-7-14-28)24(31)17-36-27(34)23(16-18(2)3)30-25(32)21-8-5-6-9-22(21)26(30)33/h5-6,8-13,18,23H,4,7,15-17H2,1-3H3. The first-order valence-corrected chi connectivity index (χ1v) is 11.8. The molecule has 0 aromatic heterocycles. The van der Waals surface area contributed by atoms with Crippen LogP contribution in [0, 0.1) is 17.2 Å². The molecule has 3 amide bonds. The number of nitrogens with zero attached hydrogens (tertiary/aromatic N) is 3. The van der Waals surface area contributed by atoms with Crippen molar-refractivity contribution in [3.63, 3.8) is 0 Å². The van der Waals surface area contributed by atoms with Gasteiger partial charge in [0.1, 0.15) is 11.8 Å². The van der Waals surface area contributed by atoms with Crippen LogP contribution in [0.3, 0.4) is 0 Å². The van der Waals surface area contributed by atoms with E-state index in [0.29, 0.717) is 18.0 Å². The highest BCUT2D eigenvalue weighted by atomic mass is 16.5. The predicted molar refractivity (Wildman–Crippen MR) is 131 cm³/mol. The number of benzene rings is 2. The number of fused-ring (bicyclic) bond motifs is 1. The number of rotatable bonds is 11. The number of hydrogen-bond donors (Lipinski definition) is 0. The van der Waals surface area contributed by atoms with E-state index >= 15 is 0 Å². The molecule has 0 bridgehead atoms. The average molecular weight is 492 g/mol. The van der Waals surface area contributed by atoms with Gasteiger partial charge in [-0.1, -0.05) is 26.0 Å². The fourth-order valence-electron chi connectivity index (χ4n) is 4.00. The SMILES string of the molecule is CCOc1ccc(N(CCC#N)C(=O)COC(=O)C(CC(C)C)N2C(=O)c3ccccc3C2=O)cc1. The Morgan fingerprint density at radius 3 is 2.17 bits per heavy atom. The molecule has 0 radical (unpaired) electrons. The van der Waals surface area contributed by atoms with Gasteiger partial charge in [-0.25, -0.2) is 4.79 Å². The quantitative estimate of drug-likeness (QED) is 0.348. The number of esters is 1. The minimum absolute atomic E-state index is 0.0291. The van der Waals surface area contributed by atoms with Crippen molar-refractivity contribution in [3.8, 4) is 11.8 Å². The first kappa shape index (κ1) is 26.4. The maximum atomic E-state index is 13.1. The Kier molecular flexibility index (Phi) is 8.79. The Labute approximate surface area is 210 Å². The van der Waals surface area contributed by atoms with Crippen LogP contribution in [0.5, 0.6) is 5.75 Å². The van der Waals surface area contributed by atoms with Gasteiger partial charge in [-0.15, -0.1) is 0 Å². The highest BCUT2D eigenvalue weighted by molar-refractivity contribution is 6.22. The molecule has 36 heavy (non-hydrogen) atoms. The van der Waals surface area contributed by atoms with E-state index in [2.05, 4.69) is 0 Å². The van der Waals surface area contributed by atoms with Crippen LogP contribution in [0.25, 0.3) is 0 Å². The molecular formula is C27H29N3O6. The smallest absolute Gasteiger partial charge is 0.329 e. The summed E-state index contributed by atoms with van der Waals surface area (Å²) in [6, 6.07) is 14.0. The van der Waals surface area contributed by atoms with Crippen molar-refractivity contribution in [1.29, 1.82) is 5.26 Å². The summed E-state index contributed by atoms with van der Waals surface area (Å²) in [6.45, 7) is 5.58. The number of carbonyl (C=O) groups is 4. The predicted octanol–water partition coefficient (Wildman–Crippen LogP) is 3.59. The van der Waals surface area contributed by atoms with E-state index in [9.17, 15) is 19.2 Å². The lowest BCUT2D eigenvalue weighted by atomic mass is 10.0. The summed E-state index contributed by atoms with van der Waals surface area (Å²) < 4.78 is 10.8. The number of nitriles is 1. The molecular weight excluding hydrogens is 462 g/mol. The molecule has 3 rings (SSSR count). The molecule has 1 aliphatic rings. The zero-order valence-electron chi connectivity index (χ0n) is 20.6. The van der Waals surface area contributed by atoms with Gasteiger partial charge in [0.2, 0.25) is 0 Å². The number of anilines is 1. The van der Waals surface area contributed by atoms with Crippen LogP contribution in [0.15, 0.2) is 48.5 Å². The van der Waals surface area contributed by atoms with Crippen LogP contribution < -0.4 is 9.64 Å². The highest BCUT2D eigenvalue weighted by Crippen LogP contribution is 2.27. The lowest BCUT2D eigenvalue weighted by Gasteiger charge is -2.27.